The molecule has 2 aliphatic rings. The molecule has 0 spiro atoms. The lowest BCUT2D eigenvalue weighted by Gasteiger charge is -2.35. The summed E-state index contributed by atoms with van der Waals surface area (Å²) < 4.78 is 5.31. The summed E-state index contributed by atoms with van der Waals surface area (Å²) in [7, 11) is 0. The number of carbonyl (C=O) groups excluding carboxylic acids is 1. The van der Waals surface area contributed by atoms with Gasteiger partial charge in [-0.2, -0.15) is 0 Å². The highest BCUT2D eigenvalue weighted by molar-refractivity contribution is 5.67. The van der Waals surface area contributed by atoms with Crippen molar-refractivity contribution in [3.63, 3.8) is 0 Å². The van der Waals surface area contributed by atoms with Gasteiger partial charge in [-0.05, 0) is 52.4 Å². The first-order chi connectivity index (χ1) is 10.8. The SMILES string of the molecule is CC(C)(C)OC(=O)NCC1CCCCC1NCC1(O)CCCC1. The number of alkyl carbamates (subject to hydrolysis) is 1. The van der Waals surface area contributed by atoms with Crippen LogP contribution in [0.25, 0.3) is 0 Å². The predicted octanol–water partition coefficient (Wildman–Crippen LogP) is 2.96. The van der Waals surface area contributed by atoms with Crippen molar-refractivity contribution in [2.75, 3.05) is 13.1 Å². The Balaban J connectivity index is 1.77. The van der Waals surface area contributed by atoms with Crippen LogP contribution in [0.2, 0.25) is 0 Å². The number of ether oxygens (including phenoxy) is 1. The summed E-state index contributed by atoms with van der Waals surface area (Å²) in [5.41, 5.74) is -0.972. The minimum Gasteiger partial charge on any atom is -0.444 e. The highest BCUT2D eigenvalue weighted by atomic mass is 16.6. The van der Waals surface area contributed by atoms with Crippen molar-refractivity contribution in [1.29, 1.82) is 0 Å². The molecule has 134 valence electrons. The second kappa shape index (κ2) is 7.84. The van der Waals surface area contributed by atoms with Crippen LogP contribution in [0.3, 0.4) is 0 Å². The lowest BCUT2D eigenvalue weighted by molar-refractivity contribution is 0.0385. The van der Waals surface area contributed by atoms with Crippen LogP contribution in [-0.4, -0.2) is 41.5 Å². The van der Waals surface area contributed by atoms with E-state index in [1.807, 2.05) is 20.8 Å². The second-order valence-electron chi connectivity index (χ2n) is 8.35. The van der Waals surface area contributed by atoms with E-state index in [0.29, 0.717) is 25.0 Å². The molecule has 3 N–H and O–H groups in total. The maximum atomic E-state index is 11.8. The zero-order valence-corrected chi connectivity index (χ0v) is 15.0. The Bertz CT molecular complexity index is 386. The van der Waals surface area contributed by atoms with E-state index in [-0.39, 0.29) is 6.09 Å². The number of aliphatic hydroxyl groups is 1. The Labute approximate surface area is 140 Å². The normalized spacial score (nSPS) is 27.7. The summed E-state index contributed by atoms with van der Waals surface area (Å²) in [5.74, 6) is 0.418. The molecule has 0 aliphatic heterocycles. The van der Waals surface area contributed by atoms with E-state index in [4.69, 9.17) is 4.74 Å². The van der Waals surface area contributed by atoms with Crippen LogP contribution in [0.1, 0.15) is 72.1 Å². The van der Waals surface area contributed by atoms with Crippen LogP contribution in [-0.2, 0) is 4.74 Å². The molecule has 23 heavy (non-hydrogen) atoms. The van der Waals surface area contributed by atoms with Gasteiger partial charge in [0, 0.05) is 19.1 Å². The van der Waals surface area contributed by atoms with Crippen molar-refractivity contribution in [2.24, 2.45) is 5.92 Å². The summed E-state index contributed by atoms with van der Waals surface area (Å²) in [6.07, 6.45) is 8.42. The fourth-order valence-corrected chi connectivity index (χ4v) is 3.78. The van der Waals surface area contributed by atoms with Crippen LogP contribution in [0.15, 0.2) is 0 Å². The molecule has 5 nitrogen and oxygen atoms in total. The standard InChI is InChI=1S/C18H34N2O3/c1-17(2,3)23-16(21)19-12-14-8-4-5-9-15(14)20-13-18(22)10-6-7-11-18/h14-15,20,22H,4-13H2,1-3H3,(H,19,21). The Morgan fingerprint density at radius 3 is 2.48 bits per heavy atom. The number of amides is 1. The molecular formula is C18H34N2O3. The molecule has 0 heterocycles. The Morgan fingerprint density at radius 1 is 1.17 bits per heavy atom. The molecule has 0 radical (unpaired) electrons. The van der Waals surface area contributed by atoms with Gasteiger partial charge in [-0.15, -0.1) is 0 Å². The maximum Gasteiger partial charge on any atom is 0.407 e. The van der Waals surface area contributed by atoms with Gasteiger partial charge in [-0.3, -0.25) is 0 Å². The van der Waals surface area contributed by atoms with E-state index in [1.165, 1.54) is 12.8 Å². The summed E-state index contributed by atoms with van der Waals surface area (Å²) in [5, 5.41) is 17.0. The van der Waals surface area contributed by atoms with Crippen molar-refractivity contribution >= 4 is 6.09 Å². The fraction of sp³-hybridized carbons (Fsp3) is 0.944. The summed E-state index contributed by atoms with van der Waals surface area (Å²) in [6, 6.07) is 0.378. The lowest BCUT2D eigenvalue weighted by Crippen LogP contribution is -2.49. The van der Waals surface area contributed by atoms with E-state index in [2.05, 4.69) is 10.6 Å². The maximum absolute atomic E-state index is 11.8. The molecule has 1 amide bonds. The van der Waals surface area contributed by atoms with E-state index < -0.39 is 11.2 Å². The summed E-state index contributed by atoms with van der Waals surface area (Å²) >= 11 is 0. The molecule has 0 saturated heterocycles. The third-order valence-electron chi connectivity index (χ3n) is 5.04. The zero-order chi connectivity index (χ0) is 16.9. The molecule has 0 aromatic rings. The van der Waals surface area contributed by atoms with Crippen molar-refractivity contribution in [1.82, 2.24) is 10.6 Å². The van der Waals surface area contributed by atoms with Gasteiger partial charge in [0.05, 0.1) is 5.60 Å². The zero-order valence-electron chi connectivity index (χ0n) is 15.0. The smallest absolute Gasteiger partial charge is 0.407 e. The highest BCUT2D eigenvalue weighted by Crippen LogP contribution is 2.30. The van der Waals surface area contributed by atoms with Crippen LogP contribution in [0.5, 0.6) is 0 Å². The molecular weight excluding hydrogens is 292 g/mol. The highest BCUT2D eigenvalue weighted by Gasteiger charge is 2.33. The molecule has 2 unspecified atom stereocenters. The predicted molar refractivity (Wildman–Crippen MR) is 91.4 cm³/mol. The van der Waals surface area contributed by atoms with Crippen molar-refractivity contribution in [2.45, 2.75) is 89.4 Å². The minimum absolute atomic E-state index is 0.337. The van der Waals surface area contributed by atoms with Gasteiger partial charge in [0.15, 0.2) is 0 Å². The van der Waals surface area contributed by atoms with Gasteiger partial charge < -0.3 is 20.5 Å². The largest absolute Gasteiger partial charge is 0.444 e. The number of hydrogen-bond acceptors (Lipinski definition) is 4. The van der Waals surface area contributed by atoms with Crippen molar-refractivity contribution in [3.8, 4) is 0 Å². The quantitative estimate of drug-likeness (QED) is 0.726. The van der Waals surface area contributed by atoms with Crippen LogP contribution < -0.4 is 10.6 Å². The van der Waals surface area contributed by atoms with Gasteiger partial charge >= 0.3 is 6.09 Å². The third-order valence-corrected chi connectivity index (χ3v) is 5.04. The molecule has 2 rings (SSSR count). The molecule has 5 heteroatoms. The fourth-order valence-electron chi connectivity index (χ4n) is 3.78. The van der Waals surface area contributed by atoms with Gasteiger partial charge in [-0.1, -0.05) is 25.7 Å². The van der Waals surface area contributed by atoms with Crippen LogP contribution in [0, 0.1) is 5.92 Å². The van der Waals surface area contributed by atoms with Crippen LogP contribution in [0.4, 0.5) is 4.79 Å². The number of nitrogens with one attached hydrogen (secondary N) is 2. The average Bonchev–Trinajstić information content (AvgIpc) is 2.89. The Hall–Kier alpha value is -0.810. The third kappa shape index (κ3) is 6.30. The first-order valence-electron chi connectivity index (χ1n) is 9.20. The van der Waals surface area contributed by atoms with E-state index in [1.54, 1.807) is 0 Å². The first kappa shape index (κ1) is 18.5. The molecule has 0 aromatic heterocycles. The summed E-state index contributed by atoms with van der Waals surface area (Å²) in [6.45, 7) is 6.95. The summed E-state index contributed by atoms with van der Waals surface area (Å²) in [4.78, 5) is 11.8. The average molecular weight is 326 g/mol. The number of carbonyl (C=O) groups is 1. The van der Waals surface area contributed by atoms with E-state index in [0.717, 1.165) is 38.5 Å². The monoisotopic (exact) mass is 326 g/mol. The molecule has 2 fully saturated rings. The molecule has 2 atom stereocenters. The molecule has 0 bridgehead atoms. The van der Waals surface area contributed by atoms with Crippen molar-refractivity contribution < 1.29 is 14.6 Å². The Morgan fingerprint density at radius 2 is 1.83 bits per heavy atom. The topological polar surface area (TPSA) is 70.6 Å². The van der Waals surface area contributed by atoms with Gasteiger partial charge in [0.2, 0.25) is 0 Å². The lowest BCUT2D eigenvalue weighted by atomic mass is 9.84. The van der Waals surface area contributed by atoms with Gasteiger partial charge in [0.25, 0.3) is 0 Å². The van der Waals surface area contributed by atoms with Gasteiger partial charge in [0.1, 0.15) is 5.60 Å². The van der Waals surface area contributed by atoms with Crippen molar-refractivity contribution in [3.05, 3.63) is 0 Å². The minimum atomic E-state index is -0.513. The van der Waals surface area contributed by atoms with Crippen LogP contribution >= 0.6 is 0 Å². The number of rotatable bonds is 5. The van der Waals surface area contributed by atoms with E-state index in [9.17, 15) is 9.90 Å². The second-order valence-corrected chi connectivity index (χ2v) is 8.35. The number of hydrogen-bond donors (Lipinski definition) is 3. The van der Waals surface area contributed by atoms with E-state index >= 15 is 0 Å². The Kier molecular flexibility index (Phi) is 6.32. The first-order valence-corrected chi connectivity index (χ1v) is 9.20. The molecule has 2 saturated carbocycles. The molecule has 2 aliphatic carbocycles. The van der Waals surface area contributed by atoms with Gasteiger partial charge in [-0.25, -0.2) is 4.79 Å². The molecule has 0 aromatic carbocycles.